The van der Waals surface area contributed by atoms with E-state index in [0.717, 1.165) is 20.8 Å². The van der Waals surface area contributed by atoms with Gasteiger partial charge in [0.1, 0.15) is 0 Å². The largest absolute Gasteiger partial charge is 0.478 e. The van der Waals surface area contributed by atoms with Gasteiger partial charge in [0.05, 0.1) is 32.4 Å². The van der Waals surface area contributed by atoms with Gasteiger partial charge in [0, 0.05) is 18.7 Å². The fourth-order valence-electron chi connectivity index (χ4n) is 3.51. The van der Waals surface area contributed by atoms with Crippen LogP contribution in [0.5, 0.6) is 0 Å². The summed E-state index contributed by atoms with van der Waals surface area (Å²) < 4.78 is 1.05. The van der Waals surface area contributed by atoms with Crippen LogP contribution in [0.15, 0.2) is 36.4 Å². The summed E-state index contributed by atoms with van der Waals surface area (Å²) in [6, 6.07) is 10.5. The number of aryl methyl sites for hydroxylation is 2. The van der Waals surface area contributed by atoms with E-state index >= 15 is 0 Å². The first-order valence-corrected chi connectivity index (χ1v) is 9.96. The number of nitrogens with one attached hydrogen (secondary N) is 1. The Morgan fingerprint density at radius 3 is 2.76 bits per heavy atom. The van der Waals surface area contributed by atoms with Crippen molar-refractivity contribution in [2.45, 2.75) is 20.3 Å². The predicted molar refractivity (Wildman–Crippen MR) is 112 cm³/mol. The second-order valence-electron chi connectivity index (χ2n) is 7.13. The topological polar surface area (TPSA) is 99.6 Å². The average molecular weight is 409 g/mol. The van der Waals surface area contributed by atoms with Gasteiger partial charge in [-0.2, -0.15) is 0 Å². The highest BCUT2D eigenvalue weighted by molar-refractivity contribution is 7.18. The lowest BCUT2D eigenvalue weighted by atomic mass is 10.1. The van der Waals surface area contributed by atoms with Gasteiger partial charge in [0.15, 0.2) is 0 Å². The number of aromatic carboxylic acids is 1. The lowest BCUT2D eigenvalue weighted by Gasteiger charge is -2.17. The molecule has 1 saturated heterocycles. The van der Waals surface area contributed by atoms with Crippen molar-refractivity contribution in [3.63, 3.8) is 0 Å². The van der Waals surface area contributed by atoms with Crippen molar-refractivity contribution in [3.05, 3.63) is 52.5 Å². The first kappa shape index (κ1) is 19.1. The van der Waals surface area contributed by atoms with Crippen LogP contribution in [0, 0.1) is 19.8 Å². The quantitative estimate of drug-likeness (QED) is 0.686. The normalized spacial score (nSPS) is 16.4. The molecule has 1 aliphatic heterocycles. The van der Waals surface area contributed by atoms with Gasteiger partial charge in [-0.05, 0) is 44.2 Å². The highest BCUT2D eigenvalue weighted by atomic mass is 32.1. The number of fused-ring (bicyclic) bond motifs is 1. The first-order valence-electron chi connectivity index (χ1n) is 9.14. The van der Waals surface area contributed by atoms with Crippen LogP contribution < -0.4 is 10.2 Å². The standard InChI is InChI=1S/C21H19N3O4S/c1-11-3-5-16(15(7-11)21(27)28)23-20(26)13-8-19(25)24(10-13)14-4-6-18-17(9-14)22-12(2)29-18/h3-7,9,13H,8,10H2,1-2H3,(H,23,26)(H,27,28). The average Bonchev–Trinajstić information content (AvgIpc) is 3.24. The molecule has 2 amide bonds. The molecule has 7 nitrogen and oxygen atoms in total. The Bertz CT molecular complexity index is 1150. The number of carboxylic acid groups (broad SMARTS) is 1. The van der Waals surface area contributed by atoms with E-state index < -0.39 is 11.9 Å². The van der Waals surface area contributed by atoms with Gasteiger partial charge in [-0.3, -0.25) is 9.59 Å². The van der Waals surface area contributed by atoms with Crippen molar-refractivity contribution < 1.29 is 19.5 Å². The zero-order valence-corrected chi connectivity index (χ0v) is 16.7. The third-order valence-corrected chi connectivity index (χ3v) is 5.90. The summed E-state index contributed by atoms with van der Waals surface area (Å²) in [7, 11) is 0. The number of thiazole rings is 1. The van der Waals surface area contributed by atoms with E-state index in [-0.39, 0.29) is 36.0 Å². The zero-order valence-electron chi connectivity index (χ0n) is 15.9. The zero-order chi connectivity index (χ0) is 20.7. The lowest BCUT2D eigenvalue weighted by molar-refractivity contribution is -0.122. The number of amides is 2. The molecule has 2 aromatic carbocycles. The molecule has 29 heavy (non-hydrogen) atoms. The third-order valence-electron chi connectivity index (χ3n) is 4.95. The number of nitrogens with zero attached hydrogens (tertiary/aromatic N) is 2. The number of carboxylic acids is 1. The first-order chi connectivity index (χ1) is 13.8. The minimum absolute atomic E-state index is 0.0314. The van der Waals surface area contributed by atoms with Gasteiger partial charge in [-0.15, -0.1) is 11.3 Å². The fraction of sp³-hybridized carbons (Fsp3) is 0.238. The maximum atomic E-state index is 12.7. The van der Waals surface area contributed by atoms with Crippen molar-refractivity contribution in [1.29, 1.82) is 0 Å². The Morgan fingerprint density at radius 1 is 1.21 bits per heavy atom. The number of aromatic nitrogens is 1. The summed E-state index contributed by atoms with van der Waals surface area (Å²) in [6.45, 7) is 3.96. The highest BCUT2D eigenvalue weighted by Crippen LogP contribution is 2.31. The summed E-state index contributed by atoms with van der Waals surface area (Å²) in [5, 5.41) is 13.0. The second kappa shape index (κ2) is 7.29. The molecular weight excluding hydrogens is 390 g/mol. The number of carbonyl (C=O) groups is 3. The number of carbonyl (C=O) groups excluding carboxylic acids is 2. The van der Waals surface area contributed by atoms with E-state index in [4.69, 9.17) is 0 Å². The summed E-state index contributed by atoms with van der Waals surface area (Å²) in [5.74, 6) is -2.17. The Hall–Kier alpha value is -3.26. The van der Waals surface area contributed by atoms with Gasteiger partial charge in [0.25, 0.3) is 0 Å². The molecule has 8 heteroatoms. The molecule has 0 saturated carbocycles. The van der Waals surface area contributed by atoms with E-state index in [1.165, 1.54) is 6.07 Å². The third kappa shape index (κ3) is 3.71. The molecule has 0 spiro atoms. The van der Waals surface area contributed by atoms with Crippen LogP contribution in [0.25, 0.3) is 10.2 Å². The Balaban J connectivity index is 1.53. The Labute approximate surface area is 171 Å². The Kier molecular flexibility index (Phi) is 4.79. The fourth-order valence-corrected chi connectivity index (χ4v) is 4.32. The van der Waals surface area contributed by atoms with E-state index in [0.29, 0.717) is 5.69 Å². The number of anilines is 2. The number of hydrogen-bond acceptors (Lipinski definition) is 5. The van der Waals surface area contributed by atoms with Crippen molar-refractivity contribution >= 4 is 50.7 Å². The summed E-state index contributed by atoms with van der Waals surface area (Å²) >= 11 is 1.59. The molecule has 1 aliphatic rings. The van der Waals surface area contributed by atoms with Gasteiger partial charge >= 0.3 is 5.97 Å². The lowest BCUT2D eigenvalue weighted by Crippen LogP contribution is -2.28. The molecule has 1 atom stereocenters. The van der Waals surface area contributed by atoms with E-state index in [2.05, 4.69) is 10.3 Å². The molecule has 0 radical (unpaired) electrons. The van der Waals surface area contributed by atoms with E-state index in [9.17, 15) is 19.5 Å². The summed E-state index contributed by atoms with van der Waals surface area (Å²) in [5.41, 5.74) is 2.60. The van der Waals surface area contributed by atoms with E-state index in [1.807, 2.05) is 25.1 Å². The van der Waals surface area contributed by atoms with Crippen LogP contribution in [0.1, 0.15) is 27.3 Å². The van der Waals surface area contributed by atoms with Crippen LogP contribution in [0.2, 0.25) is 0 Å². The van der Waals surface area contributed by atoms with Crippen LogP contribution in [-0.4, -0.2) is 34.4 Å². The predicted octanol–water partition coefficient (Wildman–Crippen LogP) is 3.60. The molecule has 148 valence electrons. The van der Waals surface area contributed by atoms with Crippen molar-refractivity contribution in [2.75, 3.05) is 16.8 Å². The molecule has 2 N–H and O–H groups in total. The van der Waals surface area contributed by atoms with Gasteiger partial charge in [-0.1, -0.05) is 11.6 Å². The van der Waals surface area contributed by atoms with Crippen LogP contribution >= 0.6 is 11.3 Å². The molecule has 1 unspecified atom stereocenters. The highest BCUT2D eigenvalue weighted by Gasteiger charge is 2.35. The number of benzene rings is 2. The SMILES string of the molecule is Cc1ccc(NC(=O)C2CC(=O)N(c3ccc4sc(C)nc4c3)C2)c(C(=O)O)c1. The molecule has 0 aliphatic carbocycles. The number of rotatable bonds is 4. The van der Waals surface area contributed by atoms with Crippen molar-refractivity contribution in [3.8, 4) is 0 Å². The molecule has 1 aromatic heterocycles. The van der Waals surface area contributed by atoms with Gasteiger partial charge in [-0.25, -0.2) is 9.78 Å². The van der Waals surface area contributed by atoms with Crippen LogP contribution in [0.3, 0.4) is 0 Å². The van der Waals surface area contributed by atoms with Crippen LogP contribution in [-0.2, 0) is 9.59 Å². The Morgan fingerprint density at radius 2 is 2.00 bits per heavy atom. The summed E-state index contributed by atoms with van der Waals surface area (Å²) in [6.07, 6.45) is 0.0776. The maximum Gasteiger partial charge on any atom is 0.337 e. The van der Waals surface area contributed by atoms with Crippen molar-refractivity contribution in [1.82, 2.24) is 4.98 Å². The minimum Gasteiger partial charge on any atom is -0.478 e. The van der Waals surface area contributed by atoms with Gasteiger partial charge < -0.3 is 15.3 Å². The maximum absolute atomic E-state index is 12.7. The molecule has 1 fully saturated rings. The molecule has 0 bridgehead atoms. The second-order valence-corrected chi connectivity index (χ2v) is 8.37. The van der Waals surface area contributed by atoms with Crippen LogP contribution in [0.4, 0.5) is 11.4 Å². The molecule has 2 heterocycles. The number of hydrogen-bond donors (Lipinski definition) is 2. The molecule has 3 aromatic rings. The van der Waals surface area contributed by atoms with E-state index in [1.54, 1.807) is 35.3 Å². The summed E-state index contributed by atoms with van der Waals surface area (Å²) in [4.78, 5) is 42.8. The molecule has 4 rings (SSSR count). The minimum atomic E-state index is -1.11. The molecular formula is C21H19N3O4S. The monoisotopic (exact) mass is 409 g/mol. The van der Waals surface area contributed by atoms with Crippen molar-refractivity contribution in [2.24, 2.45) is 5.92 Å². The smallest absolute Gasteiger partial charge is 0.337 e. The van der Waals surface area contributed by atoms with Gasteiger partial charge in [0.2, 0.25) is 11.8 Å².